The topological polar surface area (TPSA) is 77.2 Å². The smallest absolute Gasteiger partial charge is 0.224 e. The Morgan fingerprint density at radius 2 is 1.92 bits per heavy atom. The zero-order valence-electron chi connectivity index (χ0n) is 15.0. The zero-order valence-corrected chi connectivity index (χ0v) is 15.0. The largest absolute Gasteiger partial charge is 0.439 e. The Hall–Kier alpha value is -2.40. The van der Waals surface area contributed by atoms with Crippen molar-refractivity contribution in [1.82, 2.24) is 4.98 Å². The number of aryl methyl sites for hydroxylation is 2. The molecule has 0 radical (unpaired) electrons. The minimum absolute atomic E-state index is 0.0243. The monoisotopic (exact) mass is 341 g/mol. The first-order valence-corrected chi connectivity index (χ1v) is 8.79. The number of carbonyl (C=O) groups excluding carboxylic acids is 1. The van der Waals surface area contributed by atoms with Gasteiger partial charge in [-0.25, -0.2) is 4.98 Å². The number of hydrogen-bond acceptors (Lipinski definition) is 4. The molecule has 0 aliphatic rings. The van der Waals surface area contributed by atoms with Crippen molar-refractivity contribution < 1.29 is 9.53 Å². The number of carbonyl (C=O) groups is 1. The van der Waals surface area contributed by atoms with E-state index in [1.807, 2.05) is 44.2 Å². The second kappa shape index (κ2) is 9.79. The molecule has 3 N–H and O–H groups in total. The minimum Gasteiger partial charge on any atom is -0.439 e. The molecule has 0 aliphatic carbocycles. The van der Waals surface area contributed by atoms with Crippen molar-refractivity contribution in [3.05, 3.63) is 47.7 Å². The fourth-order valence-electron chi connectivity index (χ4n) is 2.47. The van der Waals surface area contributed by atoms with Crippen molar-refractivity contribution in [3.63, 3.8) is 0 Å². The van der Waals surface area contributed by atoms with Crippen LogP contribution in [0.4, 0.5) is 5.69 Å². The van der Waals surface area contributed by atoms with Gasteiger partial charge in [-0.15, -0.1) is 0 Å². The van der Waals surface area contributed by atoms with E-state index in [0.717, 1.165) is 42.5 Å². The molecule has 0 spiro atoms. The number of rotatable bonds is 9. The molecule has 0 fully saturated rings. The van der Waals surface area contributed by atoms with E-state index in [0.29, 0.717) is 24.6 Å². The second-order valence-electron chi connectivity index (χ2n) is 6.25. The molecule has 2 rings (SSSR count). The van der Waals surface area contributed by atoms with E-state index in [-0.39, 0.29) is 5.91 Å². The number of ether oxygens (including phenoxy) is 1. The summed E-state index contributed by atoms with van der Waals surface area (Å²) in [4.78, 5) is 16.3. The number of amides is 1. The molecule has 5 heteroatoms. The molecule has 0 saturated carbocycles. The minimum atomic E-state index is 0.0243. The first-order valence-electron chi connectivity index (χ1n) is 8.79. The quantitative estimate of drug-likeness (QED) is 0.665. The fourth-order valence-corrected chi connectivity index (χ4v) is 2.47. The standard InChI is InChI=1S/C20H27N3O2/c1-15-10-12-22-20(13-15)25-18-14-17(9-8-16(18)2)23-19(24)7-5-3-4-6-11-21/h8-10,12-14H,3-7,11,21H2,1-2H3,(H,23,24). The molecule has 0 bridgehead atoms. The second-order valence-corrected chi connectivity index (χ2v) is 6.25. The molecule has 1 heterocycles. The van der Waals surface area contributed by atoms with Crippen molar-refractivity contribution in [2.45, 2.75) is 46.0 Å². The number of pyridine rings is 1. The highest BCUT2D eigenvalue weighted by molar-refractivity contribution is 5.90. The predicted molar refractivity (Wildman–Crippen MR) is 101 cm³/mol. The maximum Gasteiger partial charge on any atom is 0.224 e. The van der Waals surface area contributed by atoms with Crippen molar-refractivity contribution in [2.24, 2.45) is 5.73 Å². The third-order valence-corrected chi connectivity index (χ3v) is 3.93. The van der Waals surface area contributed by atoms with Crippen LogP contribution in [0, 0.1) is 13.8 Å². The lowest BCUT2D eigenvalue weighted by Gasteiger charge is -2.11. The van der Waals surface area contributed by atoms with Crippen LogP contribution in [0.1, 0.15) is 43.2 Å². The summed E-state index contributed by atoms with van der Waals surface area (Å²) in [6.07, 6.45) is 6.26. The number of nitrogens with two attached hydrogens (primary N) is 1. The summed E-state index contributed by atoms with van der Waals surface area (Å²) in [7, 11) is 0. The molecule has 0 aliphatic heterocycles. The number of unbranched alkanes of at least 4 members (excludes halogenated alkanes) is 3. The Morgan fingerprint density at radius 1 is 1.12 bits per heavy atom. The SMILES string of the molecule is Cc1ccnc(Oc2cc(NC(=O)CCCCCCN)ccc2C)c1. The molecule has 1 aromatic carbocycles. The fraction of sp³-hybridized carbons (Fsp3) is 0.400. The van der Waals surface area contributed by atoms with Crippen molar-refractivity contribution >= 4 is 11.6 Å². The highest BCUT2D eigenvalue weighted by atomic mass is 16.5. The van der Waals surface area contributed by atoms with Crippen molar-refractivity contribution in [2.75, 3.05) is 11.9 Å². The van der Waals surface area contributed by atoms with Gasteiger partial charge in [0.1, 0.15) is 5.75 Å². The van der Waals surface area contributed by atoms with Crippen LogP contribution in [0.25, 0.3) is 0 Å². The van der Waals surface area contributed by atoms with Gasteiger partial charge in [-0.1, -0.05) is 18.9 Å². The predicted octanol–water partition coefficient (Wildman–Crippen LogP) is 4.34. The van der Waals surface area contributed by atoms with Crippen LogP contribution < -0.4 is 15.8 Å². The van der Waals surface area contributed by atoms with Crippen LogP contribution in [0.15, 0.2) is 36.5 Å². The van der Waals surface area contributed by atoms with Crippen LogP contribution in [-0.4, -0.2) is 17.4 Å². The summed E-state index contributed by atoms with van der Waals surface area (Å²) in [5.74, 6) is 1.27. The Bertz CT molecular complexity index is 701. The van der Waals surface area contributed by atoms with Gasteiger partial charge < -0.3 is 15.8 Å². The van der Waals surface area contributed by atoms with Crippen LogP contribution >= 0.6 is 0 Å². The highest BCUT2D eigenvalue weighted by Crippen LogP contribution is 2.27. The normalized spacial score (nSPS) is 10.5. The van der Waals surface area contributed by atoms with Gasteiger partial charge in [-0.2, -0.15) is 0 Å². The molecule has 2 aromatic rings. The van der Waals surface area contributed by atoms with Gasteiger partial charge in [-0.05, 0) is 56.5 Å². The van der Waals surface area contributed by atoms with Gasteiger partial charge in [0.2, 0.25) is 11.8 Å². The molecule has 25 heavy (non-hydrogen) atoms. The molecule has 134 valence electrons. The lowest BCUT2D eigenvalue weighted by molar-refractivity contribution is -0.116. The summed E-state index contributed by atoms with van der Waals surface area (Å²) < 4.78 is 5.86. The first kappa shape index (κ1) is 18.9. The van der Waals surface area contributed by atoms with E-state index >= 15 is 0 Å². The van der Waals surface area contributed by atoms with Crippen LogP contribution in [-0.2, 0) is 4.79 Å². The maximum atomic E-state index is 12.1. The Morgan fingerprint density at radius 3 is 2.68 bits per heavy atom. The zero-order chi connectivity index (χ0) is 18.1. The number of nitrogens with one attached hydrogen (secondary N) is 1. The van der Waals surface area contributed by atoms with Crippen molar-refractivity contribution in [3.8, 4) is 11.6 Å². The van der Waals surface area contributed by atoms with Crippen LogP contribution in [0.5, 0.6) is 11.6 Å². The van der Waals surface area contributed by atoms with Gasteiger partial charge in [0.15, 0.2) is 0 Å². The lowest BCUT2D eigenvalue weighted by Crippen LogP contribution is -2.11. The van der Waals surface area contributed by atoms with Gasteiger partial charge >= 0.3 is 0 Å². The van der Waals surface area contributed by atoms with Gasteiger partial charge in [0, 0.05) is 30.4 Å². The summed E-state index contributed by atoms with van der Waals surface area (Å²) in [6, 6.07) is 9.46. The number of anilines is 1. The van der Waals surface area contributed by atoms with Crippen LogP contribution in [0.2, 0.25) is 0 Å². The molecular weight excluding hydrogens is 314 g/mol. The van der Waals surface area contributed by atoms with E-state index in [1.165, 1.54) is 0 Å². The number of benzene rings is 1. The molecule has 0 saturated heterocycles. The van der Waals surface area contributed by atoms with E-state index in [2.05, 4.69) is 10.3 Å². The third kappa shape index (κ3) is 6.55. The average Bonchev–Trinajstić information content (AvgIpc) is 2.58. The Kier molecular flexibility index (Phi) is 7.41. The lowest BCUT2D eigenvalue weighted by atomic mass is 10.1. The van der Waals surface area contributed by atoms with E-state index in [1.54, 1.807) is 6.20 Å². The summed E-state index contributed by atoms with van der Waals surface area (Å²) in [6.45, 7) is 4.67. The summed E-state index contributed by atoms with van der Waals surface area (Å²) >= 11 is 0. The maximum absolute atomic E-state index is 12.1. The Balaban J connectivity index is 1.93. The first-order chi connectivity index (χ1) is 12.1. The van der Waals surface area contributed by atoms with E-state index < -0.39 is 0 Å². The Labute approximate surface area is 149 Å². The molecule has 0 unspecified atom stereocenters. The third-order valence-electron chi connectivity index (χ3n) is 3.93. The molecule has 1 aromatic heterocycles. The number of aromatic nitrogens is 1. The highest BCUT2D eigenvalue weighted by Gasteiger charge is 2.07. The van der Waals surface area contributed by atoms with Crippen LogP contribution in [0.3, 0.4) is 0 Å². The molecule has 5 nitrogen and oxygen atoms in total. The molecule has 1 amide bonds. The summed E-state index contributed by atoms with van der Waals surface area (Å²) in [5.41, 5.74) is 8.28. The van der Waals surface area contributed by atoms with Gasteiger partial charge in [0.25, 0.3) is 0 Å². The van der Waals surface area contributed by atoms with Crippen molar-refractivity contribution in [1.29, 1.82) is 0 Å². The summed E-state index contributed by atoms with van der Waals surface area (Å²) in [5, 5.41) is 2.93. The van der Waals surface area contributed by atoms with Gasteiger partial charge in [-0.3, -0.25) is 4.79 Å². The van der Waals surface area contributed by atoms with Gasteiger partial charge in [0.05, 0.1) is 0 Å². The van der Waals surface area contributed by atoms with E-state index in [9.17, 15) is 4.79 Å². The number of nitrogens with zero attached hydrogens (tertiary/aromatic N) is 1. The van der Waals surface area contributed by atoms with E-state index in [4.69, 9.17) is 10.5 Å². The average molecular weight is 341 g/mol. The number of hydrogen-bond donors (Lipinski definition) is 2. The molecular formula is C20H27N3O2. The molecule has 0 atom stereocenters.